The molecule has 0 aromatic rings. The molecule has 3 N–H and O–H groups in total. The molecule has 0 aromatic carbocycles. The summed E-state index contributed by atoms with van der Waals surface area (Å²) in [5.41, 5.74) is 0. The van der Waals surface area contributed by atoms with Crippen LogP contribution in [0.2, 0.25) is 0 Å². The lowest BCUT2D eigenvalue weighted by atomic mass is 10.9. The highest BCUT2D eigenvalue weighted by Crippen LogP contribution is 2.34. The Kier molecular flexibility index (Phi) is 2.83. The van der Waals surface area contributed by atoms with Gasteiger partial charge in [-0.25, -0.2) is 4.79 Å². The van der Waals surface area contributed by atoms with Gasteiger partial charge in [0, 0.05) is 7.05 Å². The van der Waals surface area contributed by atoms with E-state index in [4.69, 9.17) is 14.9 Å². The molecule has 0 atom stereocenters. The molecular formula is C3H8NO5P. The zero-order chi connectivity index (χ0) is 8.36. The van der Waals surface area contributed by atoms with Crippen molar-refractivity contribution < 1.29 is 24.3 Å². The Morgan fingerprint density at radius 3 is 2.10 bits per heavy atom. The van der Waals surface area contributed by atoms with E-state index in [1.165, 1.54) is 0 Å². The van der Waals surface area contributed by atoms with Crippen molar-refractivity contribution in [2.24, 2.45) is 0 Å². The van der Waals surface area contributed by atoms with Crippen LogP contribution < -0.4 is 0 Å². The highest BCUT2D eigenvalue weighted by molar-refractivity contribution is 7.51. The largest absolute Gasteiger partial charge is 0.465 e. The molecule has 0 aliphatic heterocycles. The summed E-state index contributed by atoms with van der Waals surface area (Å²) in [7, 11) is -3.15. The molecular weight excluding hydrogens is 161 g/mol. The van der Waals surface area contributed by atoms with E-state index in [1.54, 1.807) is 0 Å². The molecule has 0 rings (SSSR count). The predicted octanol–water partition coefficient (Wildman–Crippen LogP) is -0.269. The second kappa shape index (κ2) is 3.01. The van der Waals surface area contributed by atoms with Crippen LogP contribution in [0.1, 0.15) is 0 Å². The van der Waals surface area contributed by atoms with Crippen LogP contribution in [-0.2, 0) is 4.57 Å². The van der Waals surface area contributed by atoms with E-state index in [0.29, 0.717) is 4.90 Å². The summed E-state index contributed by atoms with van der Waals surface area (Å²) >= 11 is 0. The average molecular weight is 169 g/mol. The monoisotopic (exact) mass is 169 g/mol. The van der Waals surface area contributed by atoms with E-state index >= 15 is 0 Å². The molecule has 0 spiro atoms. The Morgan fingerprint density at radius 1 is 1.60 bits per heavy atom. The van der Waals surface area contributed by atoms with Crippen molar-refractivity contribution in [2.45, 2.75) is 0 Å². The molecule has 0 aliphatic carbocycles. The van der Waals surface area contributed by atoms with E-state index in [9.17, 15) is 9.36 Å². The third-order valence-electron chi connectivity index (χ3n) is 0.723. The summed E-state index contributed by atoms with van der Waals surface area (Å²) in [4.78, 5) is 27.0. The van der Waals surface area contributed by atoms with Crippen LogP contribution in [0.15, 0.2) is 0 Å². The number of amides is 1. The maximum Gasteiger partial charge on any atom is 0.407 e. The topological polar surface area (TPSA) is 98.1 Å². The maximum atomic E-state index is 10.1. The number of rotatable bonds is 2. The van der Waals surface area contributed by atoms with Crippen LogP contribution in [0, 0.1) is 0 Å². The van der Waals surface area contributed by atoms with Gasteiger partial charge in [0.15, 0.2) is 0 Å². The van der Waals surface area contributed by atoms with Crippen molar-refractivity contribution >= 4 is 13.7 Å². The second-order valence-electron chi connectivity index (χ2n) is 1.79. The van der Waals surface area contributed by atoms with Gasteiger partial charge in [0.25, 0.3) is 0 Å². The molecule has 0 fully saturated rings. The first-order valence-electron chi connectivity index (χ1n) is 2.31. The number of hydrogen-bond acceptors (Lipinski definition) is 2. The normalized spacial score (nSPS) is 11.1. The van der Waals surface area contributed by atoms with Gasteiger partial charge < -0.3 is 14.9 Å². The fourth-order valence-electron chi connectivity index (χ4n) is 0.337. The zero-order valence-electron chi connectivity index (χ0n) is 5.26. The minimum Gasteiger partial charge on any atom is -0.465 e. The molecule has 0 unspecified atom stereocenters. The quantitative estimate of drug-likeness (QED) is 0.494. The van der Waals surface area contributed by atoms with Crippen LogP contribution in [0.3, 0.4) is 0 Å². The molecule has 10 heavy (non-hydrogen) atoms. The van der Waals surface area contributed by atoms with E-state index < -0.39 is 20.0 Å². The molecule has 0 aromatic heterocycles. The summed E-state index contributed by atoms with van der Waals surface area (Å²) in [5, 5.41) is 8.13. The van der Waals surface area contributed by atoms with Gasteiger partial charge in [-0.15, -0.1) is 0 Å². The molecule has 0 heterocycles. The third kappa shape index (κ3) is 4.31. The van der Waals surface area contributed by atoms with Crippen molar-refractivity contribution in [3.05, 3.63) is 0 Å². The standard InChI is InChI=1S/C3H8NO5P/c1-4(3(5)6)2-10(7,8)9/h2H2,1H3,(H,5,6)(H2,7,8,9). The van der Waals surface area contributed by atoms with Gasteiger partial charge in [0.1, 0.15) is 6.29 Å². The van der Waals surface area contributed by atoms with Crippen LogP contribution in [0.25, 0.3) is 0 Å². The Bertz CT molecular complexity index is 174. The number of nitrogens with zero attached hydrogens (tertiary/aromatic N) is 1. The first-order chi connectivity index (χ1) is 4.33. The molecule has 0 bridgehead atoms. The number of hydrogen-bond donors (Lipinski definition) is 3. The van der Waals surface area contributed by atoms with Gasteiger partial charge in [-0.3, -0.25) is 9.46 Å². The van der Waals surface area contributed by atoms with Gasteiger partial charge in [-0.05, 0) is 0 Å². The molecule has 0 saturated carbocycles. The Hall–Kier alpha value is -0.580. The van der Waals surface area contributed by atoms with Crippen molar-refractivity contribution in [1.29, 1.82) is 0 Å². The Balaban J connectivity index is 3.93. The van der Waals surface area contributed by atoms with E-state index in [1.807, 2.05) is 0 Å². The van der Waals surface area contributed by atoms with Crippen LogP contribution >= 0.6 is 7.60 Å². The molecule has 6 nitrogen and oxygen atoms in total. The summed E-state index contributed by atoms with van der Waals surface area (Å²) in [6.45, 7) is 0. The molecule has 0 radical (unpaired) electrons. The second-order valence-corrected chi connectivity index (χ2v) is 3.40. The summed E-state index contributed by atoms with van der Waals surface area (Å²) in [6, 6.07) is 0. The van der Waals surface area contributed by atoms with Gasteiger partial charge in [0.2, 0.25) is 0 Å². The molecule has 60 valence electrons. The van der Waals surface area contributed by atoms with E-state index in [2.05, 4.69) is 0 Å². The van der Waals surface area contributed by atoms with Gasteiger partial charge in [-0.2, -0.15) is 0 Å². The third-order valence-corrected chi connectivity index (χ3v) is 1.52. The highest BCUT2D eigenvalue weighted by atomic mass is 31.2. The maximum absolute atomic E-state index is 10.1. The number of carbonyl (C=O) groups is 1. The number of carboxylic acid groups (broad SMARTS) is 1. The molecule has 7 heteroatoms. The Labute approximate surface area is 57.2 Å². The highest BCUT2D eigenvalue weighted by Gasteiger charge is 2.18. The summed E-state index contributed by atoms with van der Waals surface area (Å²) < 4.78 is 10.1. The smallest absolute Gasteiger partial charge is 0.407 e. The predicted molar refractivity (Wildman–Crippen MR) is 32.7 cm³/mol. The SMILES string of the molecule is CN(CP(=O)(O)O)C(=O)O. The fraction of sp³-hybridized carbons (Fsp3) is 0.667. The van der Waals surface area contributed by atoms with Crippen molar-refractivity contribution in [3.8, 4) is 0 Å². The lowest BCUT2D eigenvalue weighted by molar-refractivity contribution is 0.159. The van der Waals surface area contributed by atoms with Gasteiger partial charge in [-0.1, -0.05) is 0 Å². The minimum atomic E-state index is -4.23. The summed E-state index contributed by atoms with van der Waals surface area (Å²) in [5.74, 6) is 0. The minimum absolute atomic E-state index is 0.529. The van der Waals surface area contributed by atoms with Crippen molar-refractivity contribution in [2.75, 3.05) is 13.3 Å². The van der Waals surface area contributed by atoms with Crippen LogP contribution in [0.4, 0.5) is 4.79 Å². The van der Waals surface area contributed by atoms with Crippen LogP contribution in [-0.4, -0.2) is 39.2 Å². The lowest BCUT2D eigenvalue weighted by Crippen LogP contribution is -2.25. The van der Waals surface area contributed by atoms with E-state index in [-0.39, 0.29) is 0 Å². The van der Waals surface area contributed by atoms with Crippen LogP contribution in [0.5, 0.6) is 0 Å². The first-order valence-corrected chi connectivity index (χ1v) is 4.11. The van der Waals surface area contributed by atoms with E-state index in [0.717, 1.165) is 7.05 Å². The Morgan fingerprint density at radius 2 is 2.00 bits per heavy atom. The first kappa shape index (κ1) is 9.42. The molecule has 0 saturated heterocycles. The fourth-order valence-corrected chi connectivity index (χ4v) is 1.01. The lowest BCUT2D eigenvalue weighted by Gasteiger charge is -2.12. The molecule has 0 aliphatic rings. The summed E-state index contributed by atoms with van der Waals surface area (Å²) in [6.07, 6.45) is -2.12. The van der Waals surface area contributed by atoms with Gasteiger partial charge in [0.05, 0.1) is 0 Å². The van der Waals surface area contributed by atoms with Crippen molar-refractivity contribution in [1.82, 2.24) is 4.90 Å². The average Bonchev–Trinajstić information content (AvgIpc) is 1.60. The zero-order valence-corrected chi connectivity index (χ0v) is 6.15. The van der Waals surface area contributed by atoms with Crippen molar-refractivity contribution in [3.63, 3.8) is 0 Å². The molecule has 1 amide bonds. The van der Waals surface area contributed by atoms with Gasteiger partial charge >= 0.3 is 13.7 Å².